The van der Waals surface area contributed by atoms with E-state index in [0.717, 1.165) is 0 Å². The molecule has 0 amide bonds. The lowest BCUT2D eigenvalue weighted by atomic mass is 10.4. The second-order valence-corrected chi connectivity index (χ2v) is 4.12. The Morgan fingerprint density at radius 2 is 1.85 bits per heavy atom. The molecule has 0 bridgehead atoms. The number of rotatable bonds is 2. The summed E-state index contributed by atoms with van der Waals surface area (Å²) >= 11 is 5.54. The minimum Gasteiger partial charge on any atom is -0.216 e. The first-order valence-electron chi connectivity index (χ1n) is 3.13. The Morgan fingerprint density at radius 3 is 2.31 bits per heavy atom. The fraction of sp³-hybridized carbons (Fsp3) is 0. The van der Waals surface area contributed by atoms with E-state index in [4.69, 9.17) is 17.1 Å². The van der Waals surface area contributed by atoms with E-state index in [1.54, 1.807) is 0 Å². The van der Waals surface area contributed by atoms with Crippen LogP contribution in [0, 0.1) is 0 Å². The molecule has 7 heteroatoms. The molecule has 0 fully saturated rings. The van der Waals surface area contributed by atoms with Crippen molar-refractivity contribution in [2.75, 3.05) is 0 Å². The molecule has 1 aromatic rings. The predicted octanol–water partition coefficient (Wildman–Crippen LogP) is 2.34. The summed E-state index contributed by atoms with van der Waals surface area (Å²) in [6, 6.07) is 5.35. The molecule has 5 nitrogen and oxygen atoms in total. The first kappa shape index (κ1) is 9.85. The van der Waals surface area contributed by atoms with Crippen LogP contribution in [0.4, 0.5) is 0 Å². The van der Waals surface area contributed by atoms with Crippen LogP contribution < -0.4 is 0 Å². The quantitative estimate of drug-likeness (QED) is 0.433. The number of hydrogen-bond donors (Lipinski definition) is 0. The molecule has 0 spiro atoms. The third-order valence-corrected chi connectivity index (χ3v) is 2.66. The van der Waals surface area contributed by atoms with Gasteiger partial charge < -0.3 is 0 Å². The lowest BCUT2D eigenvalue weighted by Gasteiger charge is -1.95. The first-order valence-corrected chi connectivity index (χ1v) is 4.95. The Hall–Kier alpha value is -1.23. The molecule has 0 atom stereocenters. The smallest absolute Gasteiger partial charge is 0.216 e. The Bertz CT molecular complexity index is 447. The number of benzene rings is 1. The maximum atomic E-state index is 11.1. The Labute approximate surface area is 79.6 Å². The number of halogens is 1. The SMILES string of the molecule is [N-]=[N+]=NS(=O)(=O)c1ccc(Cl)cc1. The lowest BCUT2D eigenvalue weighted by molar-refractivity contribution is 0.597. The highest BCUT2D eigenvalue weighted by molar-refractivity contribution is 7.90. The molecule has 0 aliphatic rings. The molecule has 0 heterocycles. The van der Waals surface area contributed by atoms with Crippen molar-refractivity contribution in [1.82, 2.24) is 0 Å². The van der Waals surface area contributed by atoms with Crippen molar-refractivity contribution in [2.24, 2.45) is 4.52 Å². The number of hydrogen-bond acceptors (Lipinski definition) is 2. The van der Waals surface area contributed by atoms with Crippen molar-refractivity contribution < 1.29 is 8.42 Å². The van der Waals surface area contributed by atoms with Gasteiger partial charge in [-0.1, -0.05) is 11.6 Å². The second-order valence-electron chi connectivity index (χ2n) is 2.10. The summed E-state index contributed by atoms with van der Waals surface area (Å²) in [6.07, 6.45) is 0. The lowest BCUT2D eigenvalue weighted by Crippen LogP contribution is -1.93. The molecule has 1 aromatic carbocycles. The van der Waals surface area contributed by atoms with E-state index in [-0.39, 0.29) is 4.90 Å². The molecule has 0 saturated carbocycles. The van der Waals surface area contributed by atoms with E-state index in [1.807, 2.05) is 0 Å². The number of nitrogens with zero attached hydrogens (tertiary/aromatic N) is 3. The standard InChI is InChI=1S/C6H4ClN3O2S/c7-5-1-3-6(4-2-5)13(11,12)10-9-8/h1-4H. The molecule has 68 valence electrons. The van der Waals surface area contributed by atoms with Crippen LogP contribution in [0.25, 0.3) is 10.4 Å². The Morgan fingerprint density at radius 1 is 1.31 bits per heavy atom. The van der Waals surface area contributed by atoms with E-state index in [9.17, 15) is 8.42 Å². The van der Waals surface area contributed by atoms with Gasteiger partial charge in [-0.2, -0.15) is 0 Å². The van der Waals surface area contributed by atoms with Gasteiger partial charge in [0, 0.05) is 14.5 Å². The molecule has 0 aromatic heterocycles. The minimum atomic E-state index is -3.88. The van der Waals surface area contributed by atoms with E-state index >= 15 is 0 Å². The molecular weight excluding hydrogens is 214 g/mol. The zero-order chi connectivity index (χ0) is 9.90. The van der Waals surface area contributed by atoms with Gasteiger partial charge in [0.2, 0.25) is 0 Å². The maximum absolute atomic E-state index is 11.1. The van der Waals surface area contributed by atoms with Crippen molar-refractivity contribution in [3.8, 4) is 0 Å². The normalized spacial score (nSPS) is 10.5. The molecule has 0 N–H and O–H groups in total. The van der Waals surface area contributed by atoms with Crippen molar-refractivity contribution in [1.29, 1.82) is 0 Å². The molecule has 0 aliphatic heterocycles. The largest absolute Gasteiger partial charge is 0.264 e. The maximum Gasteiger partial charge on any atom is 0.264 e. The summed E-state index contributed by atoms with van der Waals surface area (Å²) in [4.78, 5) is 2.14. The highest BCUT2D eigenvalue weighted by Gasteiger charge is 2.10. The van der Waals surface area contributed by atoms with Gasteiger partial charge in [-0.15, -0.1) is 0 Å². The average molecular weight is 218 g/mol. The van der Waals surface area contributed by atoms with Crippen molar-refractivity contribution in [3.63, 3.8) is 0 Å². The fourth-order valence-corrected chi connectivity index (χ4v) is 1.50. The molecule has 0 unspecified atom stereocenters. The van der Waals surface area contributed by atoms with Gasteiger partial charge in [0.1, 0.15) is 0 Å². The first-order chi connectivity index (χ1) is 6.06. The van der Waals surface area contributed by atoms with Gasteiger partial charge >= 0.3 is 0 Å². The molecule has 0 aliphatic carbocycles. The van der Waals surface area contributed by atoms with Crippen LogP contribution in [0.3, 0.4) is 0 Å². The molecule has 0 saturated heterocycles. The highest BCUT2D eigenvalue weighted by atomic mass is 35.5. The second kappa shape index (κ2) is 3.66. The molecule has 13 heavy (non-hydrogen) atoms. The van der Waals surface area contributed by atoms with Crippen LogP contribution in [0.1, 0.15) is 0 Å². The molecular formula is C6H4ClN3O2S. The van der Waals surface area contributed by atoms with Crippen LogP contribution in [0.15, 0.2) is 33.7 Å². The van der Waals surface area contributed by atoms with Crippen LogP contribution in [0.2, 0.25) is 5.02 Å². The number of azide groups is 1. The summed E-state index contributed by atoms with van der Waals surface area (Å²) in [5.74, 6) is 0. The van der Waals surface area contributed by atoms with Crippen molar-refractivity contribution in [3.05, 3.63) is 39.7 Å². The summed E-state index contributed by atoms with van der Waals surface area (Å²) in [5, 5.41) is 0.417. The Balaban J connectivity index is 3.24. The van der Waals surface area contributed by atoms with Crippen LogP contribution in [-0.4, -0.2) is 8.42 Å². The minimum absolute atomic E-state index is 0.0744. The monoisotopic (exact) mass is 217 g/mol. The highest BCUT2D eigenvalue weighted by Crippen LogP contribution is 2.15. The van der Waals surface area contributed by atoms with Crippen LogP contribution in [-0.2, 0) is 10.0 Å². The van der Waals surface area contributed by atoms with Gasteiger partial charge in [-0.3, -0.25) is 0 Å². The zero-order valence-electron chi connectivity index (χ0n) is 6.25. The topological polar surface area (TPSA) is 82.9 Å². The van der Waals surface area contributed by atoms with E-state index in [2.05, 4.69) is 9.43 Å². The number of sulfonamides is 1. The van der Waals surface area contributed by atoms with Gasteiger partial charge in [0.25, 0.3) is 10.0 Å². The van der Waals surface area contributed by atoms with Gasteiger partial charge in [0.05, 0.1) is 4.90 Å². The van der Waals surface area contributed by atoms with E-state index in [1.165, 1.54) is 24.3 Å². The molecule has 1 rings (SSSR count). The fourth-order valence-electron chi connectivity index (χ4n) is 0.702. The van der Waals surface area contributed by atoms with Crippen LogP contribution in [0.5, 0.6) is 0 Å². The summed E-state index contributed by atoms with van der Waals surface area (Å²) in [7, 11) is -3.88. The van der Waals surface area contributed by atoms with Crippen LogP contribution >= 0.6 is 11.6 Å². The Kier molecular flexibility index (Phi) is 2.77. The summed E-state index contributed by atoms with van der Waals surface area (Å²) in [5.41, 5.74) is 7.97. The van der Waals surface area contributed by atoms with E-state index < -0.39 is 10.0 Å². The zero-order valence-corrected chi connectivity index (χ0v) is 7.83. The average Bonchev–Trinajstić information content (AvgIpc) is 2.05. The van der Waals surface area contributed by atoms with Gasteiger partial charge in [-0.05, 0) is 29.8 Å². The summed E-state index contributed by atoms with van der Waals surface area (Å²) in [6.45, 7) is 0. The van der Waals surface area contributed by atoms with Gasteiger partial charge in [-0.25, -0.2) is 8.42 Å². The van der Waals surface area contributed by atoms with E-state index in [0.29, 0.717) is 5.02 Å². The third-order valence-electron chi connectivity index (χ3n) is 1.26. The predicted molar refractivity (Wildman–Crippen MR) is 47.8 cm³/mol. The third kappa shape index (κ3) is 2.35. The van der Waals surface area contributed by atoms with Crippen molar-refractivity contribution in [2.45, 2.75) is 4.90 Å². The molecule has 0 radical (unpaired) electrons. The van der Waals surface area contributed by atoms with Crippen molar-refractivity contribution >= 4 is 21.6 Å². The summed E-state index contributed by atoms with van der Waals surface area (Å²) < 4.78 is 24.8. The van der Waals surface area contributed by atoms with Gasteiger partial charge in [0.15, 0.2) is 0 Å².